The smallest absolute Gasteiger partial charge is 0.224 e. The first-order valence-corrected chi connectivity index (χ1v) is 16.3. The Morgan fingerprint density at radius 3 is 1.79 bits per heavy atom. The second-order valence-electron chi connectivity index (χ2n) is 11.6. The molecule has 0 aliphatic rings. The van der Waals surface area contributed by atoms with Gasteiger partial charge in [0.25, 0.3) is 0 Å². The van der Waals surface area contributed by atoms with Gasteiger partial charge in [-0.2, -0.15) is 0 Å². The molecule has 4 aromatic carbocycles. The van der Waals surface area contributed by atoms with Crippen molar-refractivity contribution in [2.24, 2.45) is 11.8 Å². The van der Waals surface area contributed by atoms with Crippen molar-refractivity contribution in [1.29, 1.82) is 0 Å². The number of fused-ring (bicyclic) bond motifs is 1. The summed E-state index contributed by atoms with van der Waals surface area (Å²) in [6.07, 6.45) is 1.01. The molecule has 47 heavy (non-hydrogen) atoms. The maximum atomic E-state index is 14.4. The Morgan fingerprint density at radius 1 is 0.723 bits per heavy atom. The van der Waals surface area contributed by atoms with Crippen LogP contribution in [0.4, 0.5) is 0 Å². The zero-order valence-electron chi connectivity index (χ0n) is 27.3. The molecular weight excluding hydrogens is 586 g/mol. The molecule has 0 spiro atoms. The number of hydrogen-bond acceptors (Lipinski definition) is 5. The van der Waals surface area contributed by atoms with Crippen LogP contribution in [0.1, 0.15) is 49.4 Å². The molecule has 1 unspecified atom stereocenters. The number of carbonyl (C=O) groups excluding carboxylic acids is 2. The van der Waals surface area contributed by atoms with Crippen LogP contribution in [0.25, 0.3) is 10.9 Å². The average molecular weight is 630 g/mol. The largest absolute Gasteiger partial charge is 0.353 e. The van der Waals surface area contributed by atoms with Crippen molar-refractivity contribution in [1.82, 2.24) is 15.6 Å². The normalized spacial score (nSPS) is 12.9. The monoisotopic (exact) mass is 629 g/mol. The Kier molecular flexibility index (Phi) is 11.5. The number of nitrogens with zero attached hydrogens (tertiary/aromatic N) is 1. The Labute approximate surface area is 277 Å². The van der Waals surface area contributed by atoms with Crippen molar-refractivity contribution >= 4 is 22.7 Å². The van der Waals surface area contributed by atoms with Gasteiger partial charge < -0.3 is 20.1 Å². The summed E-state index contributed by atoms with van der Waals surface area (Å²) in [7, 11) is 0. The van der Waals surface area contributed by atoms with E-state index in [1.807, 2.05) is 142 Å². The Morgan fingerprint density at radius 2 is 1.26 bits per heavy atom. The summed E-state index contributed by atoms with van der Waals surface area (Å²) in [5.41, 5.74) is 3.45. The SMILES string of the molecule is CCOC(OCC)[C@@H](C)C(CC(=O)NC(c1ccccc1)(c1ccccc1)c1ccccc1)C(=O)NCc1cccc2cccnc12. The van der Waals surface area contributed by atoms with Crippen molar-refractivity contribution in [2.75, 3.05) is 13.2 Å². The van der Waals surface area contributed by atoms with Crippen molar-refractivity contribution in [3.8, 4) is 0 Å². The van der Waals surface area contributed by atoms with Gasteiger partial charge in [-0.1, -0.05) is 122 Å². The van der Waals surface area contributed by atoms with Crippen LogP contribution >= 0.6 is 0 Å². The lowest BCUT2D eigenvalue weighted by Crippen LogP contribution is -2.50. The van der Waals surface area contributed by atoms with Crippen molar-refractivity contribution in [3.63, 3.8) is 0 Å². The molecule has 0 saturated carbocycles. The Hall–Kier alpha value is -4.85. The van der Waals surface area contributed by atoms with E-state index in [9.17, 15) is 9.59 Å². The highest BCUT2D eigenvalue weighted by atomic mass is 16.7. The summed E-state index contributed by atoms with van der Waals surface area (Å²) in [6, 6.07) is 39.6. The molecule has 2 N–H and O–H groups in total. The first-order valence-electron chi connectivity index (χ1n) is 16.3. The van der Waals surface area contributed by atoms with Crippen molar-refractivity contribution in [3.05, 3.63) is 150 Å². The third-order valence-corrected chi connectivity index (χ3v) is 8.58. The van der Waals surface area contributed by atoms with Crippen molar-refractivity contribution in [2.45, 2.75) is 45.6 Å². The zero-order chi connectivity index (χ0) is 33.1. The molecule has 0 bridgehead atoms. The number of carbonyl (C=O) groups is 2. The molecule has 2 atom stereocenters. The van der Waals surface area contributed by atoms with Crippen LogP contribution in [0, 0.1) is 11.8 Å². The van der Waals surface area contributed by atoms with E-state index >= 15 is 0 Å². The van der Waals surface area contributed by atoms with Crippen LogP contribution in [0.5, 0.6) is 0 Å². The van der Waals surface area contributed by atoms with Crippen LogP contribution in [0.2, 0.25) is 0 Å². The van der Waals surface area contributed by atoms with E-state index < -0.39 is 23.7 Å². The minimum atomic E-state index is -1.00. The van der Waals surface area contributed by atoms with Crippen LogP contribution < -0.4 is 10.6 Å². The van der Waals surface area contributed by atoms with E-state index in [4.69, 9.17) is 9.47 Å². The van der Waals surface area contributed by atoms with E-state index in [2.05, 4.69) is 15.6 Å². The summed E-state index contributed by atoms with van der Waals surface area (Å²) >= 11 is 0. The molecule has 0 aliphatic heterocycles. The third-order valence-electron chi connectivity index (χ3n) is 8.58. The predicted molar refractivity (Wildman–Crippen MR) is 185 cm³/mol. The summed E-state index contributed by atoms with van der Waals surface area (Å²) in [4.78, 5) is 33.0. The highest BCUT2D eigenvalue weighted by Gasteiger charge is 2.40. The van der Waals surface area contributed by atoms with Gasteiger partial charge in [-0.3, -0.25) is 14.6 Å². The van der Waals surface area contributed by atoms with Crippen LogP contribution in [-0.2, 0) is 31.1 Å². The van der Waals surface area contributed by atoms with Gasteiger partial charge in [0.05, 0.1) is 11.4 Å². The zero-order valence-corrected chi connectivity index (χ0v) is 27.3. The molecule has 5 aromatic rings. The van der Waals surface area contributed by atoms with Gasteiger partial charge >= 0.3 is 0 Å². The fraction of sp³-hybridized carbons (Fsp3) is 0.275. The molecule has 242 valence electrons. The molecule has 2 amide bonds. The molecular formula is C40H43N3O4. The van der Waals surface area contributed by atoms with Gasteiger partial charge in [0, 0.05) is 43.7 Å². The van der Waals surface area contributed by atoms with E-state index in [1.165, 1.54) is 0 Å². The summed E-state index contributed by atoms with van der Waals surface area (Å²) in [5, 5.41) is 7.51. The average Bonchev–Trinajstić information content (AvgIpc) is 3.12. The number of amides is 2. The second-order valence-corrected chi connectivity index (χ2v) is 11.6. The number of para-hydroxylation sites is 1. The van der Waals surface area contributed by atoms with E-state index in [0.717, 1.165) is 33.2 Å². The number of aromatic nitrogens is 1. The first kappa shape index (κ1) is 33.5. The number of benzene rings is 4. The Bertz CT molecular complexity index is 1620. The lowest BCUT2D eigenvalue weighted by molar-refractivity contribution is -0.178. The molecule has 0 fully saturated rings. The molecule has 0 aliphatic carbocycles. The number of pyridine rings is 1. The van der Waals surface area contributed by atoms with Gasteiger partial charge in [0.2, 0.25) is 11.8 Å². The molecule has 7 heteroatoms. The summed E-state index contributed by atoms with van der Waals surface area (Å²) < 4.78 is 11.9. The van der Waals surface area contributed by atoms with E-state index in [-0.39, 0.29) is 24.8 Å². The van der Waals surface area contributed by atoms with Gasteiger partial charge in [-0.15, -0.1) is 0 Å². The number of rotatable bonds is 15. The lowest BCUT2D eigenvalue weighted by atomic mass is 9.76. The molecule has 1 aromatic heterocycles. The molecule has 1 heterocycles. The number of hydrogen-bond donors (Lipinski definition) is 2. The maximum absolute atomic E-state index is 14.4. The van der Waals surface area contributed by atoms with E-state index in [0.29, 0.717) is 13.2 Å². The minimum Gasteiger partial charge on any atom is -0.353 e. The second kappa shape index (κ2) is 16.1. The standard InChI is InChI=1S/C40H43N3O4/c1-4-46-39(47-5-2)29(3)35(38(45)42-28-31-18-15-17-30-19-16-26-41-37(30)31)27-36(44)43-40(32-20-9-6-10-21-32,33-22-11-7-12-23-33)34-24-13-8-14-25-34/h6-26,29,35,39H,4-5,27-28H2,1-3H3,(H,42,45)(H,43,44)/t29-,35?/m0/s1. The maximum Gasteiger partial charge on any atom is 0.224 e. The minimum absolute atomic E-state index is 0.0777. The Balaban J connectivity index is 1.49. The molecule has 5 rings (SSSR count). The predicted octanol–water partition coefficient (Wildman–Crippen LogP) is 7.00. The van der Waals surface area contributed by atoms with Gasteiger partial charge in [-0.05, 0) is 42.2 Å². The van der Waals surface area contributed by atoms with Crippen LogP contribution in [0.15, 0.2) is 128 Å². The molecule has 7 nitrogen and oxygen atoms in total. The molecule has 0 radical (unpaired) electrons. The quantitative estimate of drug-likeness (QED) is 0.0962. The third kappa shape index (κ3) is 7.76. The fourth-order valence-corrected chi connectivity index (χ4v) is 6.25. The topological polar surface area (TPSA) is 89.5 Å². The highest BCUT2D eigenvalue weighted by molar-refractivity contribution is 5.88. The highest BCUT2D eigenvalue weighted by Crippen LogP contribution is 2.37. The first-order chi connectivity index (χ1) is 23.0. The van der Waals surface area contributed by atoms with Gasteiger partial charge in [0.15, 0.2) is 6.29 Å². The summed E-state index contributed by atoms with van der Waals surface area (Å²) in [6.45, 7) is 6.79. The van der Waals surface area contributed by atoms with Crippen molar-refractivity contribution < 1.29 is 19.1 Å². The summed E-state index contributed by atoms with van der Waals surface area (Å²) in [5.74, 6) is -1.70. The fourth-order valence-electron chi connectivity index (χ4n) is 6.25. The van der Waals surface area contributed by atoms with Crippen LogP contribution in [-0.4, -0.2) is 36.3 Å². The molecule has 0 saturated heterocycles. The lowest BCUT2D eigenvalue weighted by Gasteiger charge is -2.38. The number of ether oxygens (including phenoxy) is 2. The van der Waals surface area contributed by atoms with E-state index in [1.54, 1.807) is 6.20 Å². The van der Waals surface area contributed by atoms with Crippen LogP contribution in [0.3, 0.4) is 0 Å². The van der Waals surface area contributed by atoms with Gasteiger partial charge in [0.1, 0.15) is 5.54 Å². The van der Waals surface area contributed by atoms with Gasteiger partial charge in [-0.25, -0.2) is 0 Å². The number of nitrogens with one attached hydrogen (secondary N) is 2.